The maximum absolute atomic E-state index is 9.88. The standard InChI is InChI=1S/C15H16BrNO2/c1-2-19-13-8-6-12(7-9-13)17-10-11-4-3-5-14(16)15(11)18/h3-9,17-18H,2,10H2,1H3. The van der Waals surface area contributed by atoms with Gasteiger partial charge in [0, 0.05) is 17.8 Å². The second-order valence-corrected chi connectivity index (χ2v) is 4.91. The van der Waals surface area contributed by atoms with Crippen LogP contribution in [0.3, 0.4) is 0 Å². The van der Waals surface area contributed by atoms with Gasteiger partial charge >= 0.3 is 0 Å². The van der Waals surface area contributed by atoms with Crippen molar-refractivity contribution in [3.8, 4) is 11.5 Å². The molecule has 0 amide bonds. The van der Waals surface area contributed by atoms with Crippen molar-refractivity contribution in [3.63, 3.8) is 0 Å². The molecule has 0 bridgehead atoms. The van der Waals surface area contributed by atoms with Crippen LogP contribution < -0.4 is 10.1 Å². The molecule has 2 aromatic rings. The fourth-order valence-corrected chi connectivity index (χ4v) is 2.14. The summed E-state index contributed by atoms with van der Waals surface area (Å²) in [6.07, 6.45) is 0. The molecule has 2 N–H and O–H groups in total. The largest absolute Gasteiger partial charge is 0.506 e. The van der Waals surface area contributed by atoms with E-state index in [2.05, 4.69) is 21.2 Å². The smallest absolute Gasteiger partial charge is 0.134 e. The first-order valence-corrected chi connectivity index (χ1v) is 6.93. The molecule has 0 aromatic heterocycles. The van der Waals surface area contributed by atoms with Gasteiger partial charge in [-0.25, -0.2) is 0 Å². The monoisotopic (exact) mass is 321 g/mol. The molecule has 0 aliphatic rings. The second kappa shape index (κ2) is 6.48. The number of para-hydroxylation sites is 1. The number of halogens is 1. The minimum atomic E-state index is 0.279. The van der Waals surface area contributed by atoms with Gasteiger partial charge in [-0.3, -0.25) is 0 Å². The predicted molar refractivity (Wildman–Crippen MR) is 80.7 cm³/mol. The second-order valence-electron chi connectivity index (χ2n) is 4.06. The SMILES string of the molecule is CCOc1ccc(NCc2cccc(Br)c2O)cc1. The number of rotatable bonds is 5. The Kier molecular flexibility index (Phi) is 4.68. The van der Waals surface area contributed by atoms with Crippen LogP contribution in [0.5, 0.6) is 11.5 Å². The van der Waals surface area contributed by atoms with Gasteiger partial charge in [-0.15, -0.1) is 0 Å². The van der Waals surface area contributed by atoms with Crippen molar-refractivity contribution in [3.05, 3.63) is 52.5 Å². The van der Waals surface area contributed by atoms with Crippen molar-refractivity contribution in [1.82, 2.24) is 0 Å². The van der Waals surface area contributed by atoms with Gasteiger partial charge in [0.25, 0.3) is 0 Å². The lowest BCUT2D eigenvalue weighted by molar-refractivity contribution is 0.340. The molecule has 2 rings (SSSR count). The zero-order valence-electron chi connectivity index (χ0n) is 10.7. The van der Waals surface area contributed by atoms with E-state index in [0.29, 0.717) is 17.6 Å². The fourth-order valence-electron chi connectivity index (χ4n) is 1.74. The molecule has 4 heteroatoms. The van der Waals surface area contributed by atoms with Crippen LogP contribution in [0.4, 0.5) is 5.69 Å². The minimum Gasteiger partial charge on any atom is -0.506 e. The van der Waals surface area contributed by atoms with Crippen molar-refractivity contribution in [2.75, 3.05) is 11.9 Å². The number of ether oxygens (including phenoxy) is 1. The van der Waals surface area contributed by atoms with Crippen LogP contribution in [0, 0.1) is 0 Å². The molecule has 0 spiro atoms. The molecular weight excluding hydrogens is 306 g/mol. The Balaban J connectivity index is 2.00. The molecule has 0 unspecified atom stereocenters. The zero-order chi connectivity index (χ0) is 13.7. The van der Waals surface area contributed by atoms with Crippen molar-refractivity contribution in [2.45, 2.75) is 13.5 Å². The van der Waals surface area contributed by atoms with Gasteiger partial charge in [0.2, 0.25) is 0 Å². The summed E-state index contributed by atoms with van der Waals surface area (Å²) >= 11 is 3.30. The van der Waals surface area contributed by atoms with Crippen molar-refractivity contribution >= 4 is 21.6 Å². The van der Waals surface area contributed by atoms with Crippen LogP contribution in [-0.4, -0.2) is 11.7 Å². The minimum absolute atomic E-state index is 0.279. The Morgan fingerprint density at radius 3 is 2.58 bits per heavy atom. The van der Waals surface area contributed by atoms with E-state index in [-0.39, 0.29) is 5.75 Å². The van der Waals surface area contributed by atoms with Crippen molar-refractivity contribution in [2.24, 2.45) is 0 Å². The number of nitrogens with one attached hydrogen (secondary N) is 1. The van der Waals surface area contributed by atoms with E-state index >= 15 is 0 Å². The molecule has 0 aliphatic carbocycles. The average Bonchev–Trinajstić information content (AvgIpc) is 2.42. The van der Waals surface area contributed by atoms with Crippen LogP contribution >= 0.6 is 15.9 Å². The Bertz CT molecular complexity index is 540. The molecule has 100 valence electrons. The molecule has 0 fully saturated rings. The number of phenols is 1. The summed E-state index contributed by atoms with van der Waals surface area (Å²) in [6.45, 7) is 3.19. The summed E-state index contributed by atoms with van der Waals surface area (Å²) < 4.78 is 6.09. The Labute approximate surface area is 121 Å². The lowest BCUT2D eigenvalue weighted by atomic mass is 10.2. The topological polar surface area (TPSA) is 41.5 Å². The molecule has 0 heterocycles. The van der Waals surface area contributed by atoms with Crippen LogP contribution in [0.15, 0.2) is 46.9 Å². The van der Waals surface area contributed by atoms with Gasteiger partial charge in [0.1, 0.15) is 11.5 Å². The third kappa shape index (κ3) is 3.64. The summed E-state index contributed by atoms with van der Waals surface area (Å²) in [5, 5.41) is 13.1. The van der Waals surface area contributed by atoms with Gasteiger partial charge in [-0.1, -0.05) is 12.1 Å². The van der Waals surface area contributed by atoms with Crippen molar-refractivity contribution < 1.29 is 9.84 Å². The molecule has 2 aromatic carbocycles. The molecular formula is C15H16BrNO2. The van der Waals surface area contributed by atoms with Crippen LogP contribution in [0.25, 0.3) is 0 Å². The van der Waals surface area contributed by atoms with E-state index in [1.165, 1.54) is 0 Å². The highest BCUT2D eigenvalue weighted by Gasteiger charge is 2.04. The summed E-state index contributed by atoms with van der Waals surface area (Å²) in [5.74, 6) is 1.14. The van der Waals surface area contributed by atoms with Crippen LogP contribution in [0.2, 0.25) is 0 Å². The van der Waals surface area contributed by atoms with E-state index in [9.17, 15) is 5.11 Å². The fraction of sp³-hybridized carbons (Fsp3) is 0.200. The zero-order valence-corrected chi connectivity index (χ0v) is 12.3. The highest BCUT2D eigenvalue weighted by molar-refractivity contribution is 9.10. The summed E-state index contributed by atoms with van der Waals surface area (Å²) in [6, 6.07) is 13.4. The average molecular weight is 322 g/mol. The van der Waals surface area contributed by atoms with Gasteiger partial charge < -0.3 is 15.2 Å². The van der Waals surface area contributed by atoms with Gasteiger partial charge in [-0.2, -0.15) is 0 Å². The van der Waals surface area contributed by atoms with E-state index in [1.807, 2.05) is 49.4 Å². The van der Waals surface area contributed by atoms with Crippen LogP contribution in [0.1, 0.15) is 12.5 Å². The van der Waals surface area contributed by atoms with Gasteiger partial charge in [0.15, 0.2) is 0 Å². The molecule has 0 radical (unpaired) electrons. The number of hydrogen-bond acceptors (Lipinski definition) is 3. The first-order valence-electron chi connectivity index (χ1n) is 6.13. The van der Waals surface area contributed by atoms with E-state index in [1.54, 1.807) is 0 Å². The first-order chi connectivity index (χ1) is 9.20. The molecule has 3 nitrogen and oxygen atoms in total. The van der Waals surface area contributed by atoms with Gasteiger partial charge in [0.05, 0.1) is 11.1 Å². The van der Waals surface area contributed by atoms with Crippen molar-refractivity contribution in [1.29, 1.82) is 0 Å². The predicted octanol–water partition coefficient (Wildman–Crippen LogP) is 4.17. The Morgan fingerprint density at radius 2 is 1.89 bits per heavy atom. The first kappa shape index (κ1) is 13.7. The van der Waals surface area contributed by atoms with E-state index < -0.39 is 0 Å². The molecule has 0 saturated heterocycles. The summed E-state index contributed by atoms with van der Waals surface area (Å²) in [4.78, 5) is 0. The number of aromatic hydroxyl groups is 1. The Hall–Kier alpha value is -1.68. The maximum Gasteiger partial charge on any atom is 0.134 e. The quantitative estimate of drug-likeness (QED) is 0.868. The normalized spacial score (nSPS) is 10.2. The van der Waals surface area contributed by atoms with E-state index in [4.69, 9.17) is 4.74 Å². The lowest BCUT2D eigenvalue weighted by Crippen LogP contribution is -2.00. The summed E-state index contributed by atoms with van der Waals surface area (Å²) in [5.41, 5.74) is 1.84. The molecule has 19 heavy (non-hydrogen) atoms. The van der Waals surface area contributed by atoms with Crippen LogP contribution in [-0.2, 0) is 6.54 Å². The Morgan fingerprint density at radius 1 is 1.16 bits per heavy atom. The molecule has 0 saturated carbocycles. The number of benzene rings is 2. The number of hydrogen-bond donors (Lipinski definition) is 2. The van der Waals surface area contributed by atoms with E-state index in [0.717, 1.165) is 17.0 Å². The highest BCUT2D eigenvalue weighted by atomic mass is 79.9. The lowest BCUT2D eigenvalue weighted by Gasteiger charge is -2.10. The number of phenolic OH excluding ortho intramolecular Hbond substituents is 1. The van der Waals surface area contributed by atoms with Gasteiger partial charge in [-0.05, 0) is 53.2 Å². The number of anilines is 1. The third-order valence-corrected chi connectivity index (χ3v) is 3.36. The maximum atomic E-state index is 9.88. The summed E-state index contributed by atoms with van der Waals surface area (Å²) in [7, 11) is 0. The third-order valence-electron chi connectivity index (χ3n) is 2.72. The highest BCUT2D eigenvalue weighted by Crippen LogP contribution is 2.28. The molecule has 0 atom stereocenters. The molecule has 0 aliphatic heterocycles.